The molecule has 0 spiro atoms. The van der Waals surface area contributed by atoms with Crippen molar-refractivity contribution in [3.8, 4) is 0 Å². The number of hydrogen-bond acceptors (Lipinski definition) is 3. The molecule has 1 aliphatic heterocycles. The Morgan fingerprint density at radius 1 is 0.632 bits per heavy atom. The fourth-order valence-corrected chi connectivity index (χ4v) is 7.71. The van der Waals surface area contributed by atoms with E-state index in [2.05, 4.69) is 73.8 Å². The Balaban J connectivity index is 1.73. The molecule has 3 rings (SSSR count). The molecular formula is C14H14B2S3. The van der Waals surface area contributed by atoms with Crippen LogP contribution < -0.4 is 10.9 Å². The minimum atomic E-state index is 0.553. The fraction of sp³-hybridized carbons (Fsp3) is 0.143. The largest absolute Gasteiger partial charge is 0.309 e. The van der Waals surface area contributed by atoms with Crippen LogP contribution in [-0.2, 0) is 0 Å². The van der Waals surface area contributed by atoms with Gasteiger partial charge in [-0.25, -0.2) is 11.5 Å². The molecule has 19 heavy (non-hydrogen) atoms. The van der Waals surface area contributed by atoms with Crippen LogP contribution in [0.15, 0.2) is 48.5 Å². The molecule has 1 saturated heterocycles. The Labute approximate surface area is 127 Å². The highest BCUT2D eigenvalue weighted by Gasteiger charge is 2.35. The zero-order valence-corrected chi connectivity index (χ0v) is 13.4. The molecule has 1 fully saturated rings. The van der Waals surface area contributed by atoms with Gasteiger partial charge in [-0.15, -0.1) is 21.3 Å². The van der Waals surface area contributed by atoms with Crippen molar-refractivity contribution in [3.05, 3.63) is 59.7 Å². The normalized spacial score (nSPS) is 15.1. The Morgan fingerprint density at radius 3 is 1.37 bits per heavy atom. The van der Waals surface area contributed by atoms with Crippen molar-refractivity contribution in [2.45, 2.75) is 13.8 Å². The predicted molar refractivity (Wildman–Crippen MR) is 95.9 cm³/mol. The summed E-state index contributed by atoms with van der Waals surface area (Å²) in [6.45, 7) is 4.28. The van der Waals surface area contributed by atoms with E-state index in [0.29, 0.717) is 10.5 Å². The lowest BCUT2D eigenvalue weighted by atomic mass is 9.90. The van der Waals surface area contributed by atoms with Crippen molar-refractivity contribution in [1.29, 1.82) is 0 Å². The molecule has 0 nitrogen and oxygen atoms in total. The topological polar surface area (TPSA) is 0 Å². The first-order valence-electron chi connectivity index (χ1n) is 6.33. The summed E-state index contributed by atoms with van der Waals surface area (Å²) in [5.41, 5.74) is 5.53. The van der Waals surface area contributed by atoms with Crippen LogP contribution in [0.5, 0.6) is 0 Å². The van der Waals surface area contributed by atoms with Gasteiger partial charge in [0, 0.05) is 0 Å². The van der Waals surface area contributed by atoms with Gasteiger partial charge < -0.3 is 0 Å². The summed E-state index contributed by atoms with van der Waals surface area (Å²) in [7, 11) is 3.98. The third-order valence-corrected chi connectivity index (χ3v) is 8.68. The van der Waals surface area contributed by atoms with E-state index in [1.165, 1.54) is 22.1 Å². The SMILES string of the molecule is Cc1ccc(B2SSB(c3ccc(C)cc3)S2)cc1. The number of aryl methyl sites for hydroxylation is 2. The summed E-state index contributed by atoms with van der Waals surface area (Å²) < 4.78 is 0. The maximum Gasteiger partial charge on any atom is 0.309 e. The van der Waals surface area contributed by atoms with E-state index in [4.69, 9.17) is 0 Å². The molecule has 0 amide bonds. The third kappa shape index (κ3) is 3.21. The molecular weight excluding hydrogens is 286 g/mol. The lowest BCUT2D eigenvalue weighted by Gasteiger charge is -2.06. The van der Waals surface area contributed by atoms with Gasteiger partial charge in [-0.1, -0.05) is 70.6 Å². The Hall–Kier alpha value is -0.380. The molecule has 0 saturated carbocycles. The molecule has 0 bridgehead atoms. The molecule has 0 aliphatic carbocycles. The molecule has 5 heteroatoms. The smallest absolute Gasteiger partial charge is 0.219 e. The van der Waals surface area contributed by atoms with Crippen molar-refractivity contribution in [2.24, 2.45) is 0 Å². The molecule has 0 radical (unpaired) electrons. The first-order valence-corrected chi connectivity index (χ1v) is 9.55. The van der Waals surface area contributed by atoms with Gasteiger partial charge in [0.1, 0.15) is 0 Å². The van der Waals surface area contributed by atoms with E-state index in [9.17, 15) is 0 Å². The van der Waals surface area contributed by atoms with Gasteiger partial charge >= 0.3 is 10.5 Å². The minimum absolute atomic E-state index is 0.553. The standard InChI is InChI=1S/C14H14B2S3/c1-11-3-7-13(8-4-11)15-17-16(19-18-15)14-9-5-12(2)6-10-14/h3-10H,1-2H3. The van der Waals surface area contributed by atoms with Gasteiger partial charge in [-0.3, -0.25) is 0 Å². The number of rotatable bonds is 2. The summed E-state index contributed by atoms with van der Waals surface area (Å²) in [5.74, 6) is 0. The quantitative estimate of drug-likeness (QED) is 0.615. The van der Waals surface area contributed by atoms with Crippen LogP contribution in [0.4, 0.5) is 0 Å². The van der Waals surface area contributed by atoms with E-state index < -0.39 is 0 Å². The average Bonchev–Trinajstić information content (AvgIpc) is 2.90. The maximum absolute atomic E-state index is 2.26. The Morgan fingerprint density at radius 2 is 1.00 bits per heavy atom. The van der Waals surface area contributed by atoms with Crippen LogP contribution in [0, 0.1) is 13.8 Å². The van der Waals surface area contributed by atoms with Gasteiger partial charge in [-0.2, -0.15) is 0 Å². The molecule has 0 unspecified atom stereocenters. The molecule has 0 aromatic heterocycles. The van der Waals surface area contributed by atoms with E-state index >= 15 is 0 Å². The second-order valence-corrected chi connectivity index (χ2v) is 9.11. The molecule has 0 atom stereocenters. The van der Waals surface area contributed by atoms with E-state index in [-0.39, 0.29) is 0 Å². The van der Waals surface area contributed by atoms with Crippen LogP contribution in [0.3, 0.4) is 0 Å². The van der Waals surface area contributed by atoms with Crippen LogP contribution in [0.25, 0.3) is 0 Å². The molecule has 0 N–H and O–H groups in total. The lowest BCUT2D eigenvalue weighted by Crippen LogP contribution is -2.26. The number of hydrogen-bond donors (Lipinski definition) is 0. The summed E-state index contributed by atoms with van der Waals surface area (Å²) in [5, 5.41) is 1.11. The van der Waals surface area contributed by atoms with Gasteiger partial charge in [0.05, 0.1) is 0 Å². The van der Waals surface area contributed by atoms with E-state index in [1.807, 2.05) is 21.3 Å². The number of benzene rings is 2. The van der Waals surface area contributed by atoms with E-state index in [0.717, 1.165) is 0 Å². The summed E-state index contributed by atoms with van der Waals surface area (Å²) in [6, 6.07) is 17.9. The summed E-state index contributed by atoms with van der Waals surface area (Å²) in [4.78, 5) is 0. The summed E-state index contributed by atoms with van der Waals surface area (Å²) >= 11 is 2.05. The van der Waals surface area contributed by atoms with E-state index in [1.54, 1.807) is 0 Å². The highest BCUT2D eigenvalue weighted by molar-refractivity contribution is 9.13. The molecule has 2 aromatic rings. The van der Waals surface area contributed by atoms with Gasteiger partial charge in [0.2, 0.25) is 0 Å². The van der Waals surface area contributed by atoms with Crippen molar-refractivity contribution >= 4 is 54.2 Å². The average molecular weight is 300 g/mol. The Kier molecular flexibility index (Phi) is 4.25. The monoisotopic (exact) mass is 300 g/mol. The zero-order chi connectivity index (χ0) is 13.2. The molecule has 94 valence electrons. The van der Waals surface area contributed by atoms with Crippen molar-refractivity contribution in [3.63, 3.8) is 0 Å². The van der Waals surface area contributed by atoms with Crippen molar-refractivity contribution < 1.29 is 0 Å². The van der Waals surface area contributed by atoms with Crippen molar-refractivity contribution in [1.82, 2.24) is 0 Å². The first kappa shape index (κ1) is 13.6. The predicted octanol–water partition coefficient (Wildman–Crippen LogP) is 3.52. The van der Waals surface area contributed by atoms with Crippen LogP contribution in [0.1, 0.15) is 11.1 Å². The van der Waals surface area contributed by atoms with Gasteiger partial charge in [0.15, 0.2) is 0 Å². The fourth-order valence-electron chi connectivity index (χ4n) is 1.97. The highest BCUT2D eigenvalue weighted by atomic mass is 33.1. The van der Waals surface area contributed by atoms with Crippen LogP contribution in [0.2, 0.25) is 0 Å². The van der Waals surface area contributed by atoms with Gasteiger partial charge in [-0.05, 0) is 13.8 Å². The first-order chi connectivity index (χ1) is 9.22. The second kappa shape index (κ2) is 5.94. The summed E-state index contributed by atoms with van der Waals surface area (Å²) in [6.07, 6.45) is 0. The minimum Gasteiger partial charge on any atom is -0.219 e. The third-order valence-electron chi connectivity index (χ3n) is 3.18. The second-order valence-electron chi connectivity index (χ2n) is 4.81. The maximum atomic E-state index is 2.26. The lowest BCUT2D eigenvalue weighted by molar-refractivity contribution is 1.49. The van der Waals surface area contributed by atoms with Crippen LogP contribution >= 0.6 is 32.8 Å². The molecule has 2 aromatic carbocycles. The molecule has 1 heterocycles. The molecule has 1 aliphatic rings. The highest BCUT2D eigenvalue weighted by Crippen LogP contribution is 2.45. The van der Waals surface area contributed by atoms with Crippen molar-refractivity contribution in [2.75, 3.05) is 0 Å². The van der Waals surface area contributed by atoms with Crippen LogP contribution in [-0.4, -0.2) is 10.5 Å². The Bertz CT molecular complexity index is 502. The van der Waals surface area contributed by atoms with Gasteiger partial charge in [0.25, 0.3) is 0 Å². The zero-order valence-electron chi connectivity index (χ0n) is 11.0.